The molecular weight excluding hydrogens is 296 g/mol. The highest BCUT2D eigenvalue weighted by atomic mass is 16.2. The molecule has 2 fully saturated rings. The van der Waals surface area contributed by atoms with E-state index in [0.29, 0.717) is 19.5 Å². The average molecular weight is 316 g/mol. The number of anilines is 1. The number of rotatable bonds is 2. The molecule has 2 aliphatic rings. The normalized spacial score (nSPS) is 20.9. The maximum atomic E-state index is 12.3. The van der Waals surface area contributed by atoms with Gasteiger partial charge in [-0.15, -0.1) is 0 Å². The molecule has 0 radical (unpaired) electrons. The number of carbonyl (C=O) groups is 3. The Morgan fingerprint density at radius 2 is 2.04 bits per heavy atom. The number of aryl methyl sites for hydroxylation is 2. The number of hydrogen-bond donors (Lipinski definition) is 2. The van der Waals surface area contributed by atoms with Crippen molar-refractivity contribution in [2.45, 2.75) is 26.3 Å². The average Bonchev–Trinajstić information content (AvgIpc) is 3.10. The van der Waals surface area contributed by atoms with Crippen molar-refractivity contribution in [3.63, 3.8) is 0 Å². The largest absolute Gasteiger partial charge is 0.329 e. The number of urea groups is 2. The molecule has 0 bridgehead atoms. The molecule has 7 nitrogen and oxygen atoms in total. The molecule has 2 N–H and O–H groups in total. The Morgan fingerprint density at radius 3 is 2.70 bits per heavy atom. The number of imide groups is 1. The molecule has 3 rings (SSSR count). The molecule has 0 aromatic heterocycles. The summed E-state index contributed by atoms with van der Waals surface area (Å²) in [6.45, 7) is 4.96. The van der Waals surface area contributed by atoms with Crippen molar-refractivity contribution in [3.05, 3.63) is 29.3 Å². The number of benzene rings is 1. The number of nitrogens with one attached hydrogen (secondary N) is 2. The number of likely N-dealkylation sites (tertiary alicyclic amines) is 1. The minimum atomic E-state index is -0.364. The first-order valence-corrected chi connectivity index (χ1v) is 7.69. The molecule has 1 aromatic carbocycles. The summed E-state index contributed by atoms with van der Waals surface area (Å²) < 4.78 is 0. The maximum Gasteiger partial charge on any atom is 0.324 e. The first-order chi connectivity index (χ1) is 11.0. The molecular formula is C16H20N4O3. The molecule has 1 atom stereocenters. The lowest BCUT2D eigenvalue weighted by molar-refractivity contribution is -0.126. The van der Waals surface area contributed by atoms with Gasteiger partial charge in [0.05, 0.1) is 12.6 Å². The second-order valence-electron chi connectivity index (χ2n) is 6.04. The third-order valence-corrected chi connectivity index (χ3v) is 4.45. The number of nitrogens with zero attached hydrogens (tertiary/aromatic N) is 2. The molecule has 0 saturated carbocycles. The molecule has 23 heavy (non-hydrogen) atoms. The SMILES string of the molecule is Cc1ccc(NC(=O)N2CCC(N3C(=O)CNC3=O)C2)cc1C. The highest BCUT2D eigenvalue weighted by molar-refractivity contribution is 6.02. The summed E-state index contributed by atoms with van der Waals surface area (Å²) in [7, 11) is 0. The van der Waals surface area contributed by atoms with Crippen molar-refractivity contribution in [2.75, 3.05) is 25.0 Å². The summed E-state index contributed by atoms with van der Waals surface area (Å²) in [6, 6.07) is 4.95. The van der Waals surface area contributed by atoms with Gasteiger partial charge in [0.1, 0.15) is 0 Å². The zero-order valence-electron chi connectivity index (χ0n) is 13.3. The number of hydrogen-bond acceptors (Lipinski definition) is 3. The quantitative estimate of drug-likeness (QED) is 0.811. The monoisotopic (exact) mass is 316 g/mol. The van der Waals surface area contributed by atoms with Crippen LogP contribution < -0.4 is 10.6 Å². The van der Waals surface area contributed by atoms with E-state index in [2.05, 4.69) is 10.6 Å². The van der Waals surface area contributed by atoms with Crippen LogP contribution in [-0.4, -0.2) is 53.4 Å². The van der Waals surface area contributed by atoms with E-state index in [4.69, 9.17) is 0 Å². The Morgan fingerprint density at radius 1 is 1.26 bits per heavy atom. The van der Waals surface area contributed by atoms with E-state index in [-0.39, 0.29) is 30.6 Å². The predicted molar refractivity (Wildman–Crippen MR) is 85.2 cm³/mol. The molecule has 7 heteroatoms. The van der Waals surface area contributed by atoms with Crippen molar-refractivity contribution in [2.24, 2.45) is 0 Å². The minimum absolute atomic E-state index is 0.0458. The van der Waals surface area contributed by atoms with Gasteiger partial charge in [0.2, 0.25) is 5.91 Å². The molecule has 2 saturated heterocycles. The Balaban J connectivity index is 1.62. The summed E-state index contributed by atoms with van der Waals surface area (Å²) in [5.74, 6) is -0.226. The van der Waals surface area contributed by atoms with Crippen molar-refractivity contribution in [1.29, 1.82) is 0 Å². The first kappa shape index (κ1) is 15.3. The molecule has 0 aliphatic carbocycles. The standard InChI is InChI=1S/C16H20N4O3/c1-10-3-4-12(7-11(10)2)18-16(23)19-6-5-13(9-19)20-14(21)8-17-15(20)22/h3-4,7,13H,5-6,8-9H2,1-2H3,(H,17,22)(H,18,23). The molecule has 1 unspecified atom stereocenters. The van der Waals surface area contributed by atoms with E-state index in [0.717, 1.165) is 11.3 Å². The van der Waals surface area contributed by atoms with Gasteiger partial charge in [-0.25, -0.2) is 9.59 Å². The van der Waals surface area contributed by atoms with Gasteiger partial charge in [-0.05, 0) is 43.5 Å². The van der Waals surface area contributed by atoms with Crippen LogP contribution in [0.3, 0.4) is 0 Å². The Bertz CT molecular complexity index is 657. The van der Waals surface area contributed by atoms with Gasteiger partial charge in [-0.3, -0.25) is 9.69 Å². The van der Waals surface area contributed by atoms with Crippen molar-refractivity contribution >= 4 is 23.7 Å². The van der Waals surface area contributed by atoms with Crippen molar-refractivity contribution < 1.29 is 14.4 Å². The van der Waals surface area contributed by atoms with E-state index < -0.39 is 0 Å². The van der Waals surface area contributed by atoms with Crippen molar-refractivity contribution in [1.82, 2.24) is 15.1 Å². The van der Waals surface area contributed by atoms with E-state index >= 15 is 0 Å². The van der Waals surface area contributed by atoms with Crippen LogP contribution in [0, 0.1) is 13.8 Å². The molecule has 1 aromatic rings. The summed E-state index contributed by atoms with van der Waals surface area (Å²) in [5.41, 5.74) is 3.03. The van der Waals surface area contributed by atoms with E-state index in [9.17, 15) is 14.4 Å². The fourth-order valence-electron chi connectivity index (χ4n) is 2.96. The molecule has 0 spiro atoms. The lowest BCUT2D eigenvalue weighted by Gasteiger charge is -2.21. The zero-order chi connectivity index (χ0) is 16.6. The van der Waals surface area contributed by atoms with Crippen LogP contribution in [0.4, 0.5) is 15.3 Å². The second-order valence-corrected chi connectivity index (χ2v) is 6.04. The van der Waals surface area contributed by atoms with Gasteiger partial charge < -0.3 is 15.5 Å². The van der Waals surface area contributed by atoms with E-state index in [1.807, 2.05) is 32.0 Å². The van der Waals surface area contributed by atoms with Crippen LogP contribution in [0.2, 0.25) is 0 Å². The fourth-order valence-corrected chi connectivity index (χ4v) is 2.96. The lowest BCUT2D eigenvalue weighted by atomic mass is 10.1. The number of carbonyl (C=O) groups excluding carboxylic acids is 3. The first-order valence-electron chi connectivity index (χ1n) is 7.69. The second kappa shape index (κ2) is 5.91. The van der Waals surface area contributed by atoms with Crippen LogP contribution >= 0.6 is 0 Å². The minimum Gasteiger partial charge on any atom is -0.329 e. The topological polar surface area (TPSA) is 81.8 Å². The third-order valence-electron chi connectivity index (χ3n) is 4.45. The Kier molecular flexibility index (Phi) is 3.94. The van der Waals surface area contributed by atoms with Gasteiger partial charge in [0.25, 0.3) is 0 Å². The smallest absolute Gasteiger partial charge is 0.324 e. The molecule has 122 valence electrons. The van der Waals surface area contributed by atoms with Crippen LogP contribution in [0.25, 0.3) is 0 Å². The van der Waals surface area contributed by atoms with Crippen molar-refractivity contribution in [3.8, 4) is 0 Å². The number of amides is 5. The van der Waals surface area contributed by atoms with Gasteiger partial charge in [-0.2, -0.15) is 0 Å². The van der Waals surface area contributed by atoms with Crippen LogP contribution in [-0.2, 0) is 4.79 Å². The van der Waals surface area contributed by atoms with E-state index in [1.54, 1.807) is 4.90 Å². The Labute approximate surface area is 134 Å². The Hall–Kier alpha value is -2.57. The third kappa shape index (κ3) is 2.99. The maximum absolute atomic E-state index is 12.3. The zero-order valence-corrected chi connectivity index (χ0v) is 13.3. The van der Waals surface area contributed by atoms with Gasteiger partial charge in [-0.1, -0.05) is 6.07 Å². The van der Waals surface area contributed by atoms with Crippen LogP contribution in [0.5, 0.6) is 0 Å². The van der Waals surface area contributed by atoms with Crippen LogP contribution in [0.15, 0.2) is 18.2 Å². The summed E-state index contributed by atoms with van der Waals surface area (Å²) in [4.78, 5) is 38.6. The highest BCUT2D eigenvalue weighted by Crippen LogP contribution is 2.20. The molecule has 5 amide bonds. The van der Waals surface area contributed by atoms with Gasteiger partial charge in [0, 0.05) is 18.8 Å². The summed E-state index contributed by atoms with van der Waals surface area (Å²) in [6.07, 6.45) is 0.611. The predicted octanol–water partition coefficient (Wildman–Crippen LogP) is 1.46. The van der Waals surface area contributed by atoms with Gasteiger partial charge >= 0.3 is 12.1 Å². The van der Waals surface area contributed by atoms with Gasteiger partial charge in [0.15, 0.2) is 0 Å². The summed E-state index contributed by atoms with van der Waals surface area (Å²) in [5, 5.41) is 5.38. The molecule has 2 aliphatic heterocycles. The highest BCUT2D eigenvalue weighted by Gasteiger charge is 2.39. The van der Waals surface area contributed by atoms with Crippen LogP contribution in [0.1, 0.15) is 17.5 Å². The summed E-state index contributed by atoms with van der Waals surface area (Å²) >= 11 is 0. The van der Waals surface area contributed by atoms with E-state index in [1.165, 1.54) is 10.5 Å². The molecule has 2 heterocycles. The fraction of sp³-hybridized carbons (Fsp3) is 0.438. The lowest BCUT2D eigenvalue weighted by Crippen LogP contribution is -2.43.